The van der Waals surface area contributed by atoms with Crippen LogP contribution in [0.5, 0.6) is 0 Å². The molecule has 0 saturated heterocycles. The van der Waals surface area contributed by atoms with Crippen molar-refractivity contribution < 1.29 is 0 Å². The molecule has 0 radical (unpaired) electrons. The van der Waals surface area contributed by atoms with Gasteiger partial charge in [0.25, 0.3) is 0 Å². The predicted octanol–water partition coefficient (Wildman–Crippen LogP) is 2.75. The van der Waals surface area contributed by atoms with Crippen molar-refractivity contribution in [1.29, 1.82) is 0 Å². The van der Waals surface area contributed by atoms with Crippen molar-refractivity contribution >= 4 is 11.6 Å². The van der Waals surface area contributed by atoms with Gasteiger partial charge in [0.2, 0.25) is 0 Å². The molecule has 0 spiro atoms. The fraction of sp³-hybridized carbons (Fsp3) is 0.455. The second kappa shape index (κ2) is 4.64. The first kappa shape index (κ1) is 10.6. The lowest BCUT2D eigenvalue weighted by atomic mass is 10.1. The maximum absolute atomic E-state index is 5.87. The molecule has 72 valence electrons. The number of hydrogen-bond acceptors (Lipinski definition) is 1. The van der Waals surface area contributed by atoms with Crippen LogP contribution in [-0.4, -0.2) is 25.5 Å². The SMILES string of the molecule is Cc1cc(Cl)ccc1CCN(C)C. The number of rotatable bonds is 3. The van der Waals surface area contributed by atoms with Crippen LogP contribution in [0.25, 0.3) is 0 Å². The minimum absolute atomic E-state index is 0.825. The average molecular weight is 198 g/mol. The third-order valence-electron chi connectivity index (χ3n) is 2.13. The second-order valence-electron chi connectivity index (χ2n) is 3.62. The molecule has 0 amide bonds. The van der Waals surface area contributed by atoms with Crippen molar-refractivity contribution in [2.75, 3.05) is 20.6 Å². The number of hydrogen-bond donors (Lipinski definition) is 0. The van der Waals surface area contributed by atoms with E-state index in [1.54, 1.807) is 0 Å². The van der Waals surface area contributed by atoms with Gasteiger partial charge in [-0.1, -0.05) is 17.7 Å². The van der Waals surface area contributed by atoms with E-state index in [2.05, 4.69) is 32.0 Å². The third kappa shape index (κ3) is 3.37. The molecule has 1 aromatic rings. The van der Waals surface area contributed by atoms with Gasteiger partial charge in [-0.3, -0.25) is 0 Å². The Balaban J connectivity index is 2.67. The summed E-state index contributed by atoms with van der Waals surface area (Å²) in [4.78, 5) is 2.19. The van der Waals surface area contributed by atoms with E-state index in [0.29, 0.717) is 0 Å². The topological polar surface area (TPSA) is 3.24 Å². The Kier molecular flexibility index (Phi) is 3.76. The van der Waals surface area contributed by atoms with Gasteiger partial charge in [-0.15, -0.1) is 0 Å². The van der Waals surface area contributed by atoms with Crippen molar-refractivity contribution in [3.8, 4) is 0 Å². The molecule has 0 atom stereocenters. The molecule has 0 aliphatic heterocycles. The predicted molar refractivity (Wildman–Crippen MR) is 58.4 cm³/mol. The standard InChI is InChI=1S/C11H16ClN/c1-9-8-11(12)5-4-10(9)6-7-13(2)3/h4-5,8H,6-7H2,1-3H3. The second-order valence-corrected chi connectivity index (χ2v) is 4.06. The van der Waals surface area contributed by atoms with Crippen LogP contribution in [0.2, 0.25) is 5.02 Å². The number of nitrogens with zero attached hydrogens (tertiary/aromatic N) is 1. The van der Waals surface area contributed by atoms with Crippen LogP contribution >= 0.6 is 11.6 Å². The highest BCUT2D eigenvalue weighted by molar-refractivity contribution is 6.30. The van der Waals surface area contributed by atoms with E-state index >= 15 is 0 Å². The van der Waals surface area contributed by atoms with Gasteiger partial charge in [0.15, 0.2) is 0 Å². The van der Waals surface area contributed by atoms with Crippen molar-refractivity contribution in [2.24, 2.45) is 0 Å². The van der Waals surface area contributed by atoms with Crippen molar-refractivity contribution in [3.63, 3.8) is 0 Å². The van der Waals surface area contributed by atoms with Gasteiger partial charge >= 0.3 is 0 Å². The van der Waals surface area contributed by atoms with Gasteiger partial charge in [0, 0.05) is 11.6 Å². The van der Waals surface area contributed by atoms with Gasteiger partial charge < -0.3 is 4.90 Å². The maximum atomic E-state index is 5.87. The molecule has 13 heavy (non-hydrogen) atoms. The fourth-order valence-corrected chi connectivity index (χ4v) is 1.51. The van der Waals surface area contributed by atoms with Crippen LogP contribution in [0, 0.1) is 6.92 Å². The number of aryl methyl sites for hydroxylation is 1. The summed E-state index contributed by atoms with van der Waals surface area (Å²) >= 11 is 5.87. The van der Waals surface area contributed by atoms with Crippen LogP contribution in [0.15, 0.2) is 18.2 Å². The minimum atomic E-state index is 0.825. The molecule has 0 aliphatic carbocycles. The van der Waals surface area contributed by atoms with Crippen molar-refractivity contribution in [1.82, 2.24) is 4.90 Å². The molecule has 0 bridgehead atoms. The molecule has 0 aromatic heterocycles. The van der Waals surface area contributed by atoms with Crippen LogP contribution in [0.4, 0.5) is 0 Å². The van der Waals surface area contributed by atoms with Gasteiger partial charge in [-0.25, -0.2) is 0 Å². The van der Waals surface area contributed by atoms with Crippen molar-refractivity contribution in [2.45, 2.75) is 13.3 Å². The van der Waals surface area contributed by atoms with E-state index in [0.717, 1.165) is 18.0 Å². The van der Waals surface area contributed by atoms with Crippen LogP contribution < -0.4 is 0 Å². The summed E-state index contributed by atoms with van der Waals surface area (Å²) in [6, 6.07) is 6.09. The van der Waals surface area contributed by atoms with E-state index in [4.69, 9.17) is 11.6 Å². The third-order valence-corrected chi connectivity index (χ3v) is 2.37. The largest absolute Gasteiger partial charge is 0.309 e. The highest BCUT2D eigenvalue weighted by atomic mass is 35.5. The zero-order chi connectivity index (χ0) is 9.84. The molecule has 0 N–H and O–H groups in total. The average Bonchev–Trinajstić information content (AvgIpc) is 2.02. The first-order valence-corrected chi connectivity index (χ1v) is 4.87. The fourth-order valence-electron chi connectivity index (χ4n) is 1.28. The monoisotopic (exact) mass is 197 g/mol. The molecule has 1 rings (SSSR count). The molecule has 0 unspecified atom stereocenters. The summed E-state index contributed by atoms with van der Waals surface area (Å²) in [7, 11) is 4.18. The molecular formula is C11H16ClN. The Labute approximate surface area is 85.3 Å². The maximum Gasteiger partial charge on any atom is 0.0408 e. The van der Waals surface area contributed by atoms with Gasteiger partial charge in [0.1, 0.15) is 0 Å². The lowest BCUT2D eigenvalue weighted by Gasteiger charge is -2.11. The van der Waals surface area contributed by atoms with Crippen LogP contribution in [0.3, 0.4) is 0 Å². The summed E-state index contributed by atoms with van der Waals surface area (Å²) in [6.07, 6.45) is 1.09. The molecule has 0 fully saturated rings. The van der Waals surface area contributed by atoms with E-state index in [-0.39, 0.29) is 0 Å². The zero-order valence-electron chi connectivity index (χ0n) is 8.47. The first-order valence-electron chi connectivity index (χ1n) is 4.49. The highest BCUT2D eigenvalue weighted by Gasteiger charge is 1.99. The van der Waals surface area contributed by atoms with Crippen LogP contribution in [0.1, 0.15) is 11.1 Å². The normalized spacial score (nSPS) is 10.8. The highest BCUT2D eigenvalue weighted by Crippen LogP contribution is 2.15. The Bertz CT molecular complexity index is 281. The molecule has 0 heterocycles. The summed E-state index contributed by atoms with van der Waals surface area (Å²) in [6.45, 7) is 3.19. The van der Waals surface area contributed by atoms with E-state index in [1.165, 1.54) is 11.1 Å². The summed E-state index contributed by atoms with van der Waals surface area (Å²) in [5.74, 6) is 0. The van der Waals surface area contributed by atoms with Crippen molar-refractivity contribution in [3.05, 3.63) is 34.3 Å². The van der Waals surface area contributed by atoms with Crippen LogP contribution in [-0.2, 0) is 6.42 Å². The number of benzene rings is 1. The summed E-state index contributed by atoms with van der Waals surface area (Å²) in [5.41, 5.74) is 2.67. The van der Waals surface area contributed by atoms with E-state index in [9.17, 15) is 0 Å². The molecule has 1 nitrogen and oxygen atoms in total. The Morgan fingerprint density at radius 2 is 2.00 bits per heavy atom. The van der Waals surface area contributed by atoms with Gasteiger partial charge in [-0.05, 0) is 50.7 Å². The quantitative estimate of drug-likeness (QED) is 0.721. The Morgan fingerprint density at radius 1 is 1.31 bits per heavy atom. The molecular weight excluding hydrogens is 182 g/mol. The van der Waals surface area contributed by atoms with E-state index < -0.39 is 0 Å². The van der Waals surface area contributed by atoms with E-state index in [1.807, 2.05) is 12.1 Å². The Morgan fingerprint density at radius 3 is 2.54 bits per heavy atom. The number of halogens is 1. The lowest BCUT2D eigenvalue weighted by molar-refractivity contribution is 0.413. The summed E-state index contributed by atoms with van der Waals surface area (Å²) < 4.78 is 0. The molecule has 1 aromatic carbocycles. The van der Waals surface area contributed by atoms with Gasteiger partial charge in [-0.2, -0.15) is 0 Å². The molecule has 0 aliphatic rings. The smallest absolute Gasteiger partial charge is 0.0408 e. The Hall–Kier alpha value is -0.530. The zero-order valence-corrected chi connectivity index (χ0v) is 9.23. The molecule has 0 saturated carbocycles. The first-order chi connectivity index (χ1) is 6.09. The molecule has 2 heteroatoms. The lowest BCUT2D eigenvalue weighted by Crippen LogP contribution is -2.15. The van der Waals surface area contributed by atoms with Gasteiger partial charge in [0.05, 0.1) is 0 Å². The number of likely N-dealkylation sites (N-methyl/N-ethyl adjacent to an activating group) is 1. The minimum Gasteiger partial charge on any atom is -0.309 e. The summed E-state index contributed by atoms with van der Waals surface area (Å²) in [5, 5.41) is 0.825.